The molecule has 2 aromatic carbocycles. The van der Waals surface area contributed by atoms with Crippen LogP contribution in [0.4, 0.5) is 5.69 Å². The topological polar surface area (TPSA) is 96.0 Å². The molecule has 0 fully saturated rings. The molecule has 0 spiro atoms. The molecule has 1 unspecified atom stereocenters. The summed E-state index contributed by atoms with van der Waals surface area (Å²) in [4.78, 5) is 27.0. The van der Waals surface area contributed by atoms with Crippen molar-refractivity contribution in [1.82, 2.24) is 9.62 Å². The number of ether oxygens (including phenoxy) is 1. The maximum Gasteiger partial charge on any atom is 0.263 e. The Kier molecular flexibility index (Phi) is 6.73. The second kappa shape index (κ2) is 9.27. The Morgan fingerprint density at radius 3 is 2.50 bits per heavy atom. The van der Waals surface area contributed by atoms with Gasteiger partial charge in [0.05, 0.1) is 24.5 Å². The average molecular weight is 432 g/mol. The first-order chi connectivity index (χ1) is 14.3. The zero-order chi connectivity index (χ0) is 21.7. The fraction of sp³-hybridized carbons (Fsp3) is 0.333. The van der Waals surface area contributed by atoms with Crippen LogP contribution in [-0.4, -0.2) is 56.5 Å². The number of para-hydroxylation sites is 2. The molecule has 30 heavy (non-hydrogen) atoms. The van der Waals surface area contributed by atoms with E-state index in [1.165, 1.54) is 18.9 Å². The van der Waals surface area contributed by atoms with Crippen molar-refractivity contribution >= 4 is 27.5 Å². The summed E-state index contributed by atoms with van der Waals surface area (Å²) in [6.07, 6.45) is -0.902. The minimum atomic E-state index is -3.50. The van der Waals surface area contributed by atoms with E-state index >= 15 is 0 Å². The van der Waals surface area contributed by atoms with Crippen LogP contribution in [0.25, 0.3) is 0 Å². The number of likely N-dealkylation sites (N-methyl/N-ethyl adjacent to an activating group) is 1. The van der Waals surface area contributed by atoms with E-state index in [0.717, 1.165) is 9.87 Å². The minimum Gasteiger partial charge on any atom is -0.477 e. The van der Waals surface area contributed by atoms with Gasteiger partial charge in [-0.3, -0.25) is 9.59 Å². The van der Waals surface area contributed by atoms with Gasteiger partial charge in [-0.25, -0.2) is 8.42 Å². The number of anilines is 1. The normalized spacial score (nSPS) is 16.0. The predicted octanol–water partition coefficient (Wildman–Crippen LogP) is 1.38. The number of fused-ring (bicyclic) bond motifs is 1. The van der Waals surface area contributed by atoms with Gasteiger partial charge in [0.15, 0.2) is 6.10 Å². The highest BCUT2D eigenvalue weighted by atomic mass is 32.2. The van der Waals surface area contributed by atoms with Crippen LogP contribution in [0.2, 0.25) is 0 Å². The van der Waals surface area contributed by atoms with E-state index in [0.29, 0.717) is 18.0 Å². The molecule has 3 rings (SSSR count). The van der Waals surface area contributed by atoms with Crippen molar-refractivity contribution in [3.05, 3.63) is 60.2 Å². The number of rotatable bonds is 7. The van der Waals surface area contributed by atoms with Gasteiger partial charge in [-0.05, 0) is 24.6 Å². The summed E-state index contributed by atoms with van der Waals surface area (Å²) in [5, 5.41) is 2.82. The van der Waals surface area contributed by atoms with Gasteiger partial charge in [-0.15, -0.1) is 0 Å². The quantitative estimate of drug-likeness (QED) is 0.715. The van der Waals surface area contributed by atoms with E-state index < -0.39 is 22.0 Å². The SMILES string of the molecule is CCS(=O)(=O)N(C)CC(=O)N1CC(C(=O)NCc2ccccc2)Oc2ccccc21. The molecule has 160 valence electrons. The molecule has 1 aliphatic heterocycles. The number of carbonyl (C=O) groups is 2. The molecule has 0 aliphatic carbocycles. The maximum atomic E-state index is 12.9. The summed E-state index contributed by atoms with van der Waals surface area (Å²) in [6, 6.07) is 16.4. The number of nitrogens with one attached hydrogen (secondary N) is 1. The number of amides is 2. The lowest BCUT2D eigenvalue weighted by molar-refractivity contribution is -0.128. The molecule has 9 heteroatoms. The number of hydrogen-bond donors (Lipinski definition) is 1. The molecule has 0 saturated carbocycles. The van der Waals surface area contributed by atoms with Crippen molar-refractivity contribution in [3.8, 4) is 5.75 Å². The summed E-state index contributed by atoms with van der Waals surface area (Å²) in [6.45, 7) is 1.54. The fourth-order valence-electron chi connectivity index (χ4n) is 3.10. The highest BCUT2D eigenvalue weighted by Gasteiger charge is 2.34. The van der Waals surface area contributed by atoms with Crippen molar-refractivity contribution in [2.45, 2.75) is 19.6 Å². The molecule has 1 aliphatic rings. The largest absolute Gasteiger partial charge is 0.477 e. The van der Waals surface area contributed by atoms with Gasteiger partial charge in [0.25, 0.3) is 5.91 Å². The van der Waals surface area contributed by atoms with Gasteiger partial charge < -0.3 is 15.0 Å². The number of nitrogens with zero attached hydrogens (tertiary/aromatic N) is 2. The Morgan fingerprint density at radius 2 is 1.80 bits per heavy atom. The van der Waals surface area contributed by atoms with Crippen molar-refractivity contribution < 1.29 is 22.7 Å². The van der Waals surface area contributed by atoms with Crippen LogP contribution in [0.5, 0.6) is 5.75 Å². The lowest BCUT2D eigenvalue weighted by Crippen LogP contribution is -2.52. The summed E-state index contributed by atoms with van der Waals surface area (Å²) in [7, 11) is -2.13. The molecular weight excluding hydrogens is 406 g/mol. The molecular formula is C21H25N3O5S. The van der Waals surface area contributed by atoms with Gasteiger partial charge in [0.2, 0.25) is 15.9 Å². The highest BCUT2D eigenvalue weighted by Crippen LogP contribution is 2.33. The van der Waals surface area contributed by atoms with Crippen LogP contribution < -0.4 is 15.0 Å². The first-order valence-electron chi connectivity index (χ1n) is 9.63. The third-order valence-electron chi connectivity index (χ3n) is 4.87. The Labute approximate surface area is 176 Å². The molecule has 8 nitrogen and oxygen atoms in total. The second-order valence-corrected chi connectivity index (χ2v) is 9.30. The fourth-order valence-corrected chi connectivity index (χ4v) is 3.85. The Bertz CT molecular complexity index is 1010. The molecule has 0 radical (unpaired) electrons. The third-order valence-corrected chi connectivity index (χ3v) is 6.68. The summed E-state index contributed by atoms with van der Waals surface area (Å²) in [5.41, 5.74) is 1.46. The van der Waals surface area contributed by atoms with E-state index in [1.54, 1.807) is 24.3 Å². The molecule has 1 heterocycles. The van der Waals surface area contributed by atoms with Crippen LogP contribution in [0.3, 0.4) is 0 Å². The maximum absolute atomic E-state index is 12.9. The third kappa shape index (κ3) is 4.98. The van der Waals surface area contributed by atoms with E-state index in [9.17, 15) is 18.0 Å². The van der Waals surface area contributed by atoms with Crippen molar-refractivity contribution in [1.29, 1.82) is 0 Å². The lowest BCUT2D eigenvalue weighted by Gasteiger charge is -2.34. The Balaban J connectivity index is 1.74. The summed E-state index contributed by atoms with van der Waals surface area (Å²) in [5.74, 6) is -0.467. The smallest absolute Gasteiger partial charge is 0.263 e. The van der Waals surface area contributed by atoms with Gasteiger partial charge in [0, 0.05) is 13.6 Å². The molecule has 1 N–H and O–H groups in total. The molecule has 1 atom stereocenters. The number of sulfonamides is 1. The minimum absolute atomic E-state index is 0.00349. The molecule has 2 amide bonds. The van der Waals surface area contributed by atoms with Gasteiger partial charge in [-0.2, -0.15) is 4.31 Å². The second-order valence-electron chi connectivity index (χ2n) is 6.94. The average Bonchev–Trinajstić information content (AvgIpc) is 2.77. The summed E-state index contributed by atoms with van der Waals surface area (Å²) >= 11 is 0. The van der Waals surface area contributed by atoms with E-state index in [2.05, 4.69) is 5.32 Å². The lowest BCUT2D eigenvalue weighted by atomic mass is 10.1. The molecule has 0 aromatic heterocycles. The van der Waals surface area contributed by atoms with Gasteiger partial charge in [-0.1, -0.05) is 42.5 Å². The van der Waals surface area contributed by atoms with Crippen LogP contribution in [0.15, 0.2) is 54.6 Å². The molecule has 0 saturated heterocycles. The molecule has 0 bridgehead atoms. The van der Waals surface area contributed by atoms with Crippen molar-refractivity contribution in [2.24, 2.45) is 0 Å². The monoisotopic (exact) mass is 431 g/mol. The predicted molar refractivity (Wildman–Crippen MR) is 114 cm³/mol. The first kappa shape index (κ1) is 21.8. The van der Waals surface area contributed by atoms with E-state index in [4.69, 9.17) is 4.74 Å². The van der Waals surface area contributed by atoms with Crippen LogP contribution in [0.1, 0.15) is 12.5 Å². The zero-order valence-electron chi connectivity index (χ0n) is 16.9. The van der Waals surface area contributed by atoms with Crippen LogP contribution in [-0.2, 0) is 26.2 Å². The van der Waals surface area contributed by atoms with Crippen molar-refractivity contribution in [3.63, 3.8) is 0 Å². The number of carbonyl (C=O) groups excluding carboxylic acids is 2. The van der Waals surface area contributed by atoms with Gasteiger partial charge in [0.1, 0.15) is 5.75 Å². The highest BCUT2D eigenvalue weighted by molar-refractivity contribution is 7.89. The van der Waals surface area contributed by atoms with E-state index in [-0.39, 0.29) is 24.7 Å². The number of hydrogen-bond acceptors (Lipinski definition) is 5. The van der Waals surface area contributed by atoms with Crippen LogP contribution in [0, 0.1) is 0 Å². The van der Waals surface area contributed by atoms with Crippen molar-refractivity contribution in [2.75, 3.05) is 30.8 Å². The summed E-state index contributed by atoms with van der Waals surface area (Å²) < 4.78 is 30.9. The van der Waals surface area contributed by atoms with Crippen LogP contribution >= 0.6 is 0 Å². The molecule has 2 aromatic rings. The Hall–Kier alpha value is -2.91. The zero-order valence-corrected chi connectivity index (χ0v) is 17.8. The first-order valence-corrected chi connectivity index (χ1v) is 11.2. The standard InChI is InChI=1S/C21H25N3O5S/c1-3-30(27,28)23(2)15-20(25)24-14-19(29-18-12-8-7-11-17(18)24)21(26)22-13-16-9-5-4-6-10-16/h4-12,19H,3,13-15H2,1-2H3,(H,22,26). The Morgan fingerprint density at radius 1 is 1.13 bits per heavy atom. The number of benzene rings is 2. The van der Waals surface area contributed by atoms with E-state index in [1.807, 2.05) is 30.3 Å². The van der Waals surface area contributed by atoms with Gasteiger partial charge >= 0.3 is 0 Å².